The first kappa shape index (κ1) is 17.5. The summed E-state index contributed by atoms with van der Waals surface area (Å²) in [7, 11) is 0. The van der Waals surface area contributed by atoms with Crippen LogP contribution in [0.5, 0.6) is 0 Å². The molecule has 5 aliphatic rings. The first-order valence-corrected chi connectivity index (χ1v) is 9.98. The van der Waals surface area contributed by atoms with Crippen LogP contribution in [0.1, 0.15) is 65.2 Å². The van der Waals surface area contributed by atoms with E-state index in [2.05, 4.69) is 13.5 Å². The summed E-state index contributed by atoms with van der Waals surface area (Å²) < 4.78 is 18.2. The number of rotatable bonds is 7. The van der Waals surface area contributed by atoms with Crippen LogP contribution in [0.15, 0.2) is 12.2 Å². The smallest absolute Gasteiger partial charge is 0.333 e. The zero-order valence-corrected chi connectivity index (χ0v) is 15.8. The van der Waals surface area contributed by atoms with E-state index < -0.39 is 0 Å². The zero-order valence-electron chi connectivity index (χ0n) is 15.8. The van der Waals surface area contributed by atoms with Gasteiger partial charge in [-0.2, -0.15) is 0 Å². The minimum Gasteiger partial charge on any atom is -0.456 e. The van der Waals surface area contributed by atoms with E-state index in [-0.39, 0.29) is 22.6 Å². The molecule has 4 heteroatoms. The quantitative estimate of drug-likeness (QED) is 0.515. The average Bonchev–Trinajstić information content (AvgIpc) is 2.48. The molecular formula is C21H32O4. The Labute approximate surface area is 151 Å². The van der Waals surface area contributed by atoms with E-state index in [4.69, 9.17) is 14.2 Å². The third-order valence-electron chi connectivity index (χ3n) is 6.89. The van der Waals surface area contributed by atoms with Gasteiger partial charge in [0.05, 0.1) is 25.4 Å². The van der Waals surface area contributed by atoms with Crippen LogP contribution in [0.4, 0.5) is 0 Å². The van der Waals surface area contributed by atoms with Crippen molar-refractivity contribution in [1.29, 1.82) is 0 Å². The average molecular weight is 348 g/mol. The van der Waals surface area contributed by atoms with Gasteiger partial charge in [-0.3, -0.25) is 0 Å². The Balaban J connectivity index is 1.48. The van der Waals surface area contributed by atoms with Gasteiger partial charge in [-0.25, -0.2) is 4.79 Å². The van der Waals surface area contributed by atoms with Gasteiger partial charge in [0.15, 0.2) is 0 Å². The van der Waals surface area contributed by atoms with Crippen LogP contribution in [0, 0.1) is 17.3 Å². The van der Waals surface area contributed by atoms with Crippen molar-refractivity contribution < 1.29 is 19.0 Å². The molecule has 0 N–H and O–H groups in total. The molecular weight excluding hydrogens is 316 g/mol. The topological polar surface area (TPSA) is 44.8 Å². The standard InChI is InChI=1S/C21H32O4/c1-4-5-19(12-23-13-19)14-24-20-7-16-6-17(8-20)10-21(9-16,11-20)25-18(22)15(2)3/h16-17H,2,4-14H2,1,3H3. The maximum Gasteiger partial charge on any atom is 0.333 e. The van der Waals surface area contributed by atoms with E-state index in [1.807, 2.05) is 0 Å². The molecule has 140 valence electrons. The van der Waals surface area contributed by atoms with Crippen molar-refractivity contribution in [3.63, 3.8) is 0 Å². The molecule has 0 aromatic rings. The second-order valence-corrected chi connectivity index (χ2v) is 9.53. The SMILES string of the molecule is C=C(C)C(=O)OC12CC3CC(CC(OCC4(CCC)COC4)(C3)C1)C2. The van der Waals surface area contributed by atoms with E-state index in [9.17, 15) is 4.79 Å². The molecule has 2 unspecified atom stereocenters. The molecule has 0 amide bonds. The van der Waals surface area contributed by atoms with E-state index in [1.165, 1.54) is 19.3 Å². The molecule has 5 fully saturated rings. The number of ether oxygens (including phenoxy) is 3. The van der Waals surface area contributed by atoms with E-state index >= 15 is 0 Å². The van der Waals surface area contributed by atoms with Crippen LogP contribution in [0.3, 0.4) is 0 Å². The van der Waals surface area contributed by atoms with Crippen molar-refractivity contribution >= 4 is 5.97 Å². The van der Waals surface area contributed by atoms with Crippen molar-refractivity contribution in [2.75, 3.05) is 19.8 Å². The molecule has 5 rings (SSSR count). The Morgan fingerprint density at radius 1 is 1.16 bits per heavy atom. The minimum absolute atomic E-state index is 0.0875. The Bertz CT molecular complexity index is 548. The Morgan fingerprint density at radius 2 is 1.80 bits per heavy atom. The fraction of sp³-hybridized carbons (Fsp3) is 0.857. The Kier molecular flexibility index (Phi) is 4.27. The second-order valence-electron chi connectivity index (χ2n) is 9.53. The van der Waals surface area contributed by atoms with Crippen LogP contribution < -0.4 is 0 Å². The predicted octanol–water partition coefficient (Wildman–Crippen LogP) is 4.03. The molecule has 2 atom stereocenters. The number of esters is 1. The predicted molar refractivity (Wildman–Crippen MR) is 95.2 cm³/mol. The highest BCUT2D eigenvalue weighted by atomic mass is 16.6. The first-order valence-electron chi connectivity index (χ1n) is 9.98. The maximum atomic E-state index is 12.2. The Morgan fingerprint density at radius 3 is 2.32 bits per heavy atom. The first-order chi connectivity index (χ1) is 11.9. The molecule has 4 aliphatic carbocycles. The van der Waals surface area contributed by atoms with E-state index in [1.54, 1.807) is 6.92 Å². The van der Waals surface area contributed by atoms with Crippen LogP contribution in [-0.2, 0) is 19.0 Å². The van der Waals surface area contributed by atoms with Crippen LogP contribution >= 0.6 is 0 Å². The molecule has 0 radical (unpaired) electrons. The molecule has 1 heterocycles. The van der Waals surface area contributed by atoms with Crippen molar-refractivity contribution in [1.82, 2.24) is 0 Å². The van der Waals surface area contributed by atoms with E-state index in [0.717, 1.165) is 51.9 Å². The molecule has 0 aromatic heterocycles. The molecule has 0 spiro atoms. The van der Waals surface area contributed by atoms with Crippen LogP contribution in [-0.4, -0.2) is 37.0 Å². The van der Waals surface area contributed by atoms with Crippen LogP contribution in [0.2, 0.25) is 0 Å². The fourth-order valence-corrected chi connectivity index (χ4v) is 6.20. The van der Waals surface area contributed by atoms with Gasteiger partial charge in [0.1, 0.15) is 5.60 Å². The van der Waals surface area contributed by atoms with Gasteiger partial charge in [0, 0.05) is 17.4 Å². The monoisotopic (exact) mass is 348 g/mol. The van der Waals surface area contributed by atoms with Gasteiger partial charge >= 0.3 is 5.97 Å². The number of hydrogen-bond donors (Lipinski definition) is 0. The number of carbonyl (C=O) groups excluding carboxylic acids is 1. The lowest BCUT2D eigenvalue weighted by Gasteiger charge is -2.61. The van der Waals surface area contributed by atoms with Gasteiger partial charge in [-0.05, 0) is 57.3 Å². The summed E-state index contributed by atoms with van der Waals surface area (Å²) in [5, 5.41) is 0. The molecule has 1 aliphatic heterocycles. The van der Waals surface area contributed by atoms with Gasteiger partial charge in [-0.15, -0.1) is 0 Å². The molecule has 1 saturated heterocycles. The van der Waals surface area contributed by atoms with Gasteiger partial charge in [0.2, 0.25) is 0 Å². The summed E-state index contributed by atoms with van der Waals surface area (Å²) in [6.45, 7) is 10.2. The van der Waals surface area contributed by atoms with Crippen molar-refractivity contribution in [3.05, 3.63) is 12.2 Å². The minimum atomic E-state index is -0.311. The molecule has 4 saturated carbocycles. The van der Waals surface area contributed by atoms with Crippen molar-refractivity contribution in [2.45, 2.75) is 76.4 Å². The summed E-state index contributed by atoms with van der Waals surface area (Å²) in [6.07, 6.45) is 8.79. The molecule has 0 aromatic carbocycles. The summed E-state index contributed by atoms with van der Waals surface area (Å²) in [6, 6.07) is 0. The highest BCUT2D eigenvalue weighted by Gasteiger charge is 2.60. The molecule has 25 heavy (non-hydrogen) atoms. The largest absolute Gasteiger partial charge is 0.456 e. The fourth-order valence-electron chi connectivity index (χ4n) is 6.20. The summed E-state index contributed by atoms with van der Waals surface area (Å²) in [5.74, 6) is 1.05. The number of carbonyl (C=O) groups is 1. The maximum absolute atomic E-state index is 12.2. The van der Waals surface area contributed by atoms with E-state index in [0.29, 0.717) is 17.4 Å². The lowest BCUT2D eigenvalue weighted by atomic mass is 9.52. The van der Waals surface area contributed by atoms with Crippen LogP contribution in [0.25, 0.3) is 0 Å². The summed E-state index contributed by atoms with van der Waals surface area (Å²) in [4.78, 5) is 12.2. The summed E-state index contributed by atoms with van der Waals surface area (Å²) >= 11 is 0. The molecule has 4 nitrogen and oxygen atoms in total. The lowest BCUT2D eigenvalue weighted by molar-refractivity contribution is -0.253. The highest BCUT2D eigenvalue weighted by molar-refractivity contribution is 5.87. The second kappa shape index (κ2) is 6.09. The lowest BCUT2D eigenvalue weighted by Crippen LogP contribution is -2.62. The highest BCUT2D eigenvalue weighted by Crippen LogP contribution is 2.60. The molecule has 4 bridgehead atoms. The third-order valence-corrected chi connectivity index (χ3v) is 6.89. The third kappa shape index (κ3) is 3.16. The normalized spacial score (nSPS) is 40.6. The van der Waals surface area contributed by atoms with Gasteiger partial charge in [-0.1, -0.05) is 19.9 Å². The van der Waals surface area contributed by atoms with Gasteiger partial charge < -0.3 is 14.2 Å². The van der Waals surface area contributed by atoms with Gasteiger partial charge in [0.25, 0.3) is 0 Å². The van der Waals surface area contributed by atoms with Crippen molar-refractivity contribution in [2.24, 2.45) is 17.3 Å². The zero-order chi connectivity index (χ0) is 17.7. The summed E-state index contributed by atoms with van der Waals surface area (Å²) in [5.41, 5.74) is 0.322. The van der Waals surface area contributed by atoms with Crippen molar-refractivity contribution in [3.8, 4) is 0 Å². The number of hydrogen-bond acceptors (Lipinski definition) is 4. The Hall–Kier alpha value is -0.870.